The van der Waals surface area contributed by atoms with Crippen molar-refractivity contribution < 1.29 is 9.00 Å². The smallest absolute Gasteiger partial charge is 0.224 e. The number of carbonyl (C=O) groups excluding carboxylic acids is 1. The minimum Gasteiger partial charge on any atom is -0.355 e. The van der Waals surface area contributed by atoms with E-state index in [1.165, 1.54) is 0 Å². The zero-order chi connectivity index (χ0) is 22.5. The van der Waals surface area contributed by atoms with Gasteiger partial charge in [0, 0.05) is 61.2 Å². The molecule has 1 aliphatic carbocycles. The first-order valence-corrected chi connectivity index (χ1v) is 12.7. The van der Waals surface area contributed by atoms with Crippen LogP contribution in [0.1, 0.15) is 30.0 Å². The Morgan fingerprint density at radius 3 is 2.47 bits per heavy atom. The first kappa shape index (κ1) is 22.6. The largest absolute Gasteiger partial charge is 0.355 e. The summed E-state index contributed by atoms with van der Waals surface area (Å²) in [4.78, 5) is 15.9. The molecule has 168 valence electrons. The molecule has 1 atom stereocenters. The summed E-state index contributed by atoms with van der Waals surface area (Å²) >= 11 is 0. The highest BCUT2D eigenvalue weighted by Gasteiger charge is 2.24. The molecule has 6 heteroatoms. The second-order valence-corrected chi connectivity index (χ2v) is 9.73. The molecule has 1 aliphatic heterocycles. The maximum Gasteiger partial charge on any atom is 0.224 e. The highest BCUT2D eigenvalue weighted by atomic mass is 32.2. The van der Waals surface area contributed by atoms with Crippen LogP contribution in [-0.4, -0.2) is 60.5 Å². The van der Waals surface area contributed by atoms with Crippen molar-refractivity contribution in [2.24, 2.45) is 0 Å². The molecule has 1 unspecified atom stereocenters. The van der Waals surface area contributed by atoms with Crippen molar-refractivity contribution in [3.63, 3.8) is 0 Å². The quantitative estimate of drug-likeness (QED) is 0.682. The van der Waals surface area contributed by atoms with Gasteiger partial charge in [-0.3, -0.25) is 13.9 Å². The predicted octanol–water partition coefficient (Wildman–Crippen LogP) is 3.16. The summed E-state index contributed by atoms with van der Waals surface area (Å²) < 4.78 is 11.7. The van der Waals surface area contributed by atoms with Gasteiger partial charge in [0.2, 0.25) is 5.91 Å². The Hall–Kier alpha value is -2.54. The Morgan fingerprint density at radius 2 is 1.78 bits per heavy atom. The van der Waals surface area contributed by atoms with Crippen LogP contribution in [0, 0.1) is 0 Å². The summed E-state index contributed by atoms with van der Waals surface area (Å²) in [6.45, 7) is 7.79. The average molecular weight is 450 g/mol. The number of hydrogen-bond donors (Lipinski definition) is 2. The summed E-state index contributed by atoms with van der Waals surface area (Å²) in [5.41, 5.74) is 6.75. The Balaban J connectivity index is 1.49. The standard InChI is InChI=1S/C26H31N3O2S/c1-19-24(17-20-7-9-21(10-8-20)32(2)31)22-5-3-4-6-23(22)25(19)18-26(30)28-13-16-29-14-11-27-12-15-29/h3-10,17,27H,11-16,18H2,1-2H3,(H,28,30). The van der Waals surface area contributed by atoms with Crippen LogP contribution in [0.5, 0.6) is 0 Å². The molecular weight excluding hydrogens is 418 g/mol. The monoisotopic (exact) mass is 449 g/mol. The van der Waals surface area contributed by atoms with Crippen molar-refractivity contribution in [3.8, 4) is 0 Å². The molecule has 0 radical (unpaired) electrons. The van der Waals surface area contributed by atoms with Crippen LogP contribution in [0.3, 0.4) is 0 Å². The van der Waals surface area contributed by atoms with Gasteiger partial charge in [0.25, 0.3) is 0 Å². The highest BCUT2D eigenvalue weighted by molar-refractivity contribution is 7.84. The number of allylic oxidation sites excluding steroid dienone is 2. The van der Waals surface area contributed by atoms with Gasteiger partial charge in [-0.1, -0.05) is 36.4 Å². The number of amides is 1. The van der Waals surface area contributed by atoms with Crippen molar-refractivity contribution in [1.82, 2.24) is 15.5 Å². The third kappa shape index (κ3) is 5.26. The molecule has 1 amide bonds. The van der Waals surface area contributed by atoms with E-state index in [9.17, 15) is 9.00 Å². The molecule has 1 heterocycles. The highest BCUT2D eigenvalue weighted by Crippen LogP contribution is 2.43. The van der Waals surface area contributed by atoms with E-state index in [1.54, 1.807) is 6.26 Å². The third-order valence-corrected chi connectivity index (χ3v) is 7.16. The maximum atomic E-state index is 12.7. The number of fused-ring (bicyclic) bond motifs is 1. The van der Waals surface area contributed by atoms with Gasteiger partial charge >= 0.3 is 0 Å². The van der Waals surface area contributed by atoms with E-state index in [0.717, 1.165) is 71.0 Å². The van der Waals surface area contributed by atoms with Crippen LogP contribution in [0.2, 0.25) is 0 Å². The maximum absolute atomic E-state index is 12.7. The van der Waals surface area contributed by atoms with E-state index >= 15 is 0 Å². The van der Waals surface area contributed by atoms with Gasteiger partial charge in [0.05, 0.1) is 6.42 Å². The lowest BCUT2D eigenvalue weighted by atomic mass is 10.0. The molecule has 0 bridgehead atoms. The first-order chi connectivity index (χ1) is 15.5. The summed E-state index contributed by atoms with van der Waals surface area (Å²) in [7, 11) is -0.982. The lowest BCUT2D eigenvalue weighted by Gasteiger charge is -2.27. The molecule has 2 aromatic carbocycles. The second-order valence-electron chi connectivity index (χ2n) is 8.35. The normalized spacial score (nSPS) is 18.6. The minimum atomic E-state index is -0.982. The average Bonchev–Trinajstić information content (AvgIpc) is 3.06. The topological polar surface area (TPSA) is 61.4 Å². The molecule has 32 heavy (non-hydrogen) atoms. The zero-order valence-corrected chi connectivity index (χ0v) is 19.6. The van der Waals surface area contributed by atoms with Crippen molar-refractivity contribution in [1.29, 1.82) is 0 Å². The van der Waals surface area contributed by atoms with Crippen LogP contribution in [0.4, 0.5) is 0 Å². The molecular formula is C26H31N3O2S. The predicted molar refractivity (Wildman–Crippen MR) is 133 cm³/mol. The van der Waals surface area contributed by atoms with Crippen molar-refractivity contribution in [3.05, 3.63) is 70.8 Å². The van der Waals surface area contributed by atoms with Gasteiger partial charge < -0.3 is 10.6 Å². The molecule has 2 aromatic rings. The fourth-order valence-electron chi connectivity index (χ4n) is 4.40. The Kier molecular flexibility index (Phi) is 7.35. The Bertz CT molecular complexity index is 1070. The lowest BCUT2D eigenvalue weighted by Crippen LogP contribution is -2.46. The van der Waals surface area contributed by atoms with Crippen molar-refractivity contribution in [2.75, 3.05) is 45.5 Å². The number of piperazine rings is 1. The van der Waals surface area contributed by atoms with Crippen molar-refractivity contribution in [2.45, 2.75) is 18.2 Å². The van der Waals surface area contributed by atoms with E-state index in [-0.39, 0.29) is 5.91 Å². The molecule has 2 N–H and O–H groups in total. The number of hydrogen-bond acceptors (Lipinski definition) is 4. The van der Waals surface area contributed by atoms with Gasteiger partial charge in [0.15, 0.2) is 0 Å². The molecule has 1 saturated heterocycles. The van der Waals surface area contributed by atoms with Crippen LogP contribution in [-0.2, 0) is 15.6 Å². The number of nitrogens with one attached hydrogen (secondary N) is 2. The number of nitrogens with zero attached hydrogens (tertiary/aromatic N) is 1. The second kappa shape index (κ2) is 10.4. The molecule has 5 nitrogen and oxygen atoms in total. The van der Waals surface area contributed by atoms with Crippen LogP contribution in [0.15, 0.2) is 59.0 Å². The van der Waals surface area contributed by atoms with Crippen LogP contribution < -0.4 is 10.6 Å². The number of carbonyl (C=O) groups is 1. The van der Waals surface area contributed by atoms with E-state index in [2.05, 4.69) is 40.7 Å². The Morgan fingerprint density at radius 1 is 1.09 bits per heavy atom. The fourth-order valence-corrected chi connectivity index (χ4v) is 4.91. The fraction of sp³-hybridized carbons (Fsp3) is 0.346. The SMILES string of the molecule is CC1=C(CC(=O)NCCN2CCNCC2)c2ccccc2C1=Cc1ccc(S(C)=O)cc1. The van der Waals surface area contributed by atoms with E-state index in [4.69, 9.17) is 0 Å². The number of rotatable bonds is 7. The summed E-state index contributed by atoms with van der Waals surface area (Å²) in [5, 5.41) is 6.46. The number of benzene rings is 2. The molecule has 0 saturated carbocycles. The van der Waals surface area contributed by atoms with E-state index < -0.39 is 10.8 Å². The lowest BCUT2D eigenvalue weighted by molar-refractivity contribution is -0.120. The van der Waals surface area contributed by atoms with Crippen LogP contribution >= 0.6 is 0 Å². The Labute approximate surface area is 193 Å². The van der Waals surface area contributed by atoms with E-state index in [0.29, 0.717) is 13.0 Å². The summed E-state index contributed by atoms with van der Waals surface area (Å²) in [6, 6.07) is 16.1. The summed E-state index contributed by atoms with van der Waals surface area (Å²) in [5.74, 6) is 0.0697. The third-order valence-electron chi connectivity index (χ3n) is 6.22. The van der Waals surface area contributed by atoms with Gasteiger partial charge in [-0.15, -0.1) is 0 Å². The van der Waals surface area contributed by atoms with Gasteiger partial charge in [-0.25, -0.2) is 0 Å². The van der Waals surface area contributed by atoms with Gasteiger partial charge in [0.1, 0.15) is 0 Å². The molecule has 1 fully saturated rings. The van der Waals surface area contributed by atoms with E-state index in [1.807, 2.05) is 36.4 Å². The molecule has 2 aliphatic rings. The molecule has 4 rings (SSSR count). The zero-order valence-electron chi connectivity index (χ0n) is 18.8. The van der Waals surface area contributed by atoms with Gasteiger partial charge in [-0.2, -0.15) is 0 Å². The summed E-state index contributed by atoms with van der Waals surface area (Å²) in [6.07, 6.45) is 4.23. The van der Waals surface area contributed by atoms with Crippen LogP contribution in [0.25, 0.3) is 17.2 Å². The molecule has 0 spiro atoms. The first-order valence-electron chi connectivity index (χ1n) is 11.2. The van der Waals surface area contributed by atoms with Gasteiger partial charge in [-0.05, 0) is 58.5 Å². The molecule has 0 aromatic heterocycles. The minimum absolute atomic E-state index is 0.0697. The van der Waals surface area contributed by atoms with Crippen molar-refractivity contribution >= 4 is 33.9 Å².